The van der Waals surface area contributed by atoms with Crippen LogP contribution in [0.25, 0.3) is 0 Å². The van der Waals surface area contributed by atoms with Crippen LogP contribution in [0.3, 0.4) is 0 Å². The van der Waals surface area contributed by atoms with Crippen LogP contribution in [-0.4, -0.2) is 9.96 Å². The van der Waals surface area contributed by atoms with E-state index in [1.807, 2.05) is 6.92 Å². The molecule has 1 rings (SSSR count). The van der Waals surface area contributed by atoms with Gasteiger partial charge in [-0.15, -0.1) is 0 Å². The Balaban J connectivity index is 2.79. The van der Waals surface area contributed by atoms with E-state index in [2.05, 4.69) is 4.72 Å². The number of benzene rings is 1. The molecule has 0 heterocycles. The van der Waals surface area contributed by atoms with Gasteiger partial charge in [-0.25, -0.2) is 4.21 Å². The van der Waals surface area contributed by atoms with E-state index < -0.39 is 11.0 Å². The second-order valence-electron chi connectivity index (χ2n) is 2.37. The minimum atomic E-state index is -1.04. The first kappa shape index (κ1) is 10.8. The average molecular weight is 238 g/mol. The molecule has 0 aliphatic rings. The summed E-state index contributed by atoms with van der Waals surface area (Å²) < 4.78 is 13.9. The number of hydrogen-bond acceptors (Lipinski definition) is 1. The van der Waals surface area contributed by atoms with Crippen LogP contribution in [0, 0.1) is 0 Å². The van der Waals surface area contributed by atoms with Gasteiger partial charge >= 0.3 is 0 Å². The zero-order valence-electron chi connectivity index (χ0n) is 7.01. The molecule has 0 saturated heterocycles. The van der Waals surface area contributed by atoms with Crippen molar-refractivity contribution in [2.45, 2.75) is 6.92 Å². The molecule has 0 fully saturated rings. The van der Waals surface area contributed by atoms with Crippen molar-refractivity contribution >= 4 is 39.9 Å². The van der Waals surface area contributed by atoms with Gasteiger partial charge in [0.2, 0.25) is 0 Å². The lowest BCUT2D eigenvalue weighted by atomic mass is 10.3. The van der Waals surface area contributed by atoms with Crippen molar-refractivity contribution in [3.8, 4) is 0 Å². The summed E-state index contributed by atoms with van der Waals surface area (Å²) in [5.74, 6) is 0.556. The molecule has 1 aromatic rings. The Morgan fingerprint density at radius 3 is 2.62 bits per heavy atom. The molecule has 0 aromatic heterocycles. The van der Waals surface area contributed by atoms with E-state index in [4.69, 9.17) is 23.2 Å². The summed E-state index contributed by atoms with van der Waals surface area (Å²) in [6.45, 7) is 1.83. The number of halogens is 2. The average Bonchev–Trinajstić information content (AvgIpc) is 2.11. The Hall–Kier alpha value is -0.250. The Bertz CT molecular complexity index is 330. The Morgan fingerprint density at radius 2 is 2.08 bits per heavy atom. The van der Waals surface area contributed by atoms with Crippen LogP contribution in [0.5, 0.6) is 0 Å². The molecule has 1 atom stereocenters. The molecule has 0 amide bonds. The number of rotatable bonds is 3. The fraction of sp³-hybridized carbons (Fsp3) is 0.250. The Labute approximate surface area is 89.8 Å². The highest BCUT2D eigenvalue weighted by molar-refractivity contribution is 7.86. The summed E-state index contributed by atoms with van der Waals surface area (Å²) in [6.07, 6.45) is 0. The van der Waals surface area contributed by atoms with Gasteiger partial charge in [-0.3, -0.25) is 0 Å². The van der Waals surface area contributed by atoms with Gasteiger partial charge in [-0.1, -0.05) is 30.1 Å². The van der Waals surface area contributed by atoms with Gasteiger partial charge < -0.3 is 4.72 Å². The van der Waals surface area contributed by atoms with Crippen molar-refractivity contribution in [3.63, 3.8) is 0 Å². The van der Waals surface area contributed by atoms with E-state index in [1.54, 1.807) is 18.2 Å². The molecule has 5 heteroatoms. The molecular weight excluding hydrogens is 229 g/mol. The maximum absolute atomic E-state index is 11.1. The third-order valence-corrected chi connectivity index (χ3v) is 3.14. The molecule has 0 aliphatic heterocycles. The van der Waals surface area contributed by atoms with E-state index >= 15 is 0 Å². The van der Waals surface area contributed by atoms with Crippen LogP contribution in [0.4, 0.5) is 5.69 Å². The number of anilines is 1. The molecule has 1 aromatic carbocycles. The lowest BCUT2D eigenvalue weighted by Gasteiger charge is -2.04. The standard InChI is InChI=1S/C8H9Cl2NOS/c1-2-13(12)11-6-3-4-7(9)8(10)5-6/h3-5,11H,2H2,1H3. The second kappa shape index (κ2) is 4.84. The fourth-order valence-corrected chi connectivity index (χ4v) is 1.60. The van der Waals surface area contributed by atoms with Gasteiger partial charge in [-0.2, -0.15) is 0 Å². The topological polar surface area (TPSA) is 29.1 Å². The third kappa shape index (κ3) is 3.18. The van der Waals surface area contributed by atoms with Gasteiger partial charge in [0.25, 0.3) is 0 Å². The van der Waals surface area contributed by atoms with E-state index in [0.717, 1.165) is 5.69 Å². The lowest BCUT2D eigenvalue weighted by molar-refractivity contribution is 0.687. The third-order valence-electron chi connectivity index (χ3n) is 1.41. The van der Waals surface area contributed by atoms with Crippen molar-refractivity contribution < 1.29 is 4.21 Å². The Morgan fingerprint density at radius 1 is 1.38 bits per heavy atom. The second-order valence-corrected chi connectivity index (χ2v) is 4.65. The summed E-state index contributed by atoms with van der Waals surface area (Å²) >= 11 is 11.5. The SMILES string of the molecule is CCS(=O)Nc1ccc(Cl)c(Cl)c1. The predicted molar refractivity (Wildman–Crippen MR) is 58.8 cm³/mol. The van der Waals surface area contributed by atoms with Crippen molar-refractivity contribution in [1.82, 2.24) is 0 Å². The van der Waals surface area contributed by atoms with Crippen molar-refractivity contribution in [1.29, 1.82) is 0 Å². The van der Waals surface area contributed by atoms with Crippen LogP contribution in [0.2, 0.25) is 10.0 Å². The van der Waals surface area contributed by atoms with Crippen LogP contribution in [0.15, 0.2) is 18.2 Å². The summed E-state index contributed by atoms with van der Waals surface area (Å²) in [7, 11) is -1.04. The minimum absolute atomic E-state index is 0.458. The molecule has 1 unspecified atom stereocenters. The minimum Gasteiger partial charge on any atom is -0.305 e. The molecule has 0 bridgehead atoms. The summed E-state index contributed by atoms with van der Waals surface area (Å²) in [6, 6.07) is 5.05. The van der Waals surface area contributed by atoms with Gasteiger partial charge in [0.1, 0.15) is 11.0 Å². The number of hydrogen-bond donors (Lipinski definition) is 1. The highest BCUT2D eigenvalue weighted by atomic mass is 35.5. The quantitative estimate of drug-likeness (QED) is 0.861. The normalized spacial score (nSPS) is 12.5. The lowest BCUT2D eigenvalue weighted by Crippen LogP contribution is -2.05. The van der Waals surface area contributed by atoms with E-state index in [9.17, 15) is 4.21 Å². The first-order chi connectivity index (χ1) is 6.13. The van der Waals surface area contributed by atoms with Crippen molar-refractivity contribution in [3.05, 3.63) is 28.2 Å². The van der Waals surface area contributed by atoms with E-state index in [-0.39, 0.29) is 0 Å². The Kier molecular flexibility index (Phi) is 4.03. The zero-order valence-corrected chi connectivity index (χ0v) is 9.34. The van der Waals surface area contributed by atoms with Gasteiger partial charge in [0.15, 0.2) is 0 Å². The van der Waals surface area contributed by atoms with Gasteiger partial charge in [0.05, 0.1) is 10.0 Å². The smallest absolute Gasteiger partial charge is 0.116 e. The first-order valence-electron chi connectivity index (χ1n) is 3.73. The number of nitrogens with one attached hydrogen (secondary N) is 1. The van der Waals surface area contributed by atoms with Crippen LogP contribution >= 0.6 is 23.2 Å². The molecule has 0 radical (unpaired) electrons. The van der Waals surface area contributed by atoms with Gasteiger partial charge in [0, 0.05) is 11.4 Å². The van der Waals surface area contributed by atoms with Crippen LogP contribution in [-0.2, 0) is 11.0 Å². The fourth-order valence-electron chi connectivity index (χ4n) is 0.763. The molecule has 0 saturated carbocycles. The van der Waals surface area contributed by atoms with Crippen LogP contribution in [0.1, 0.15) is 6.92 Å². The largest absolute Gasteiger partial charge is 0.305 e. The molecule has 72 valence electrons. The monoisotopic (exact) mass is 237 g/mol. The first-order valence-corrected chi connectivity index (χ1v) is 5.81. The maximum Gasteiger partial charge on any atom is 0.116 e. The predicted octanol–water partition coefficient (Wildman–Crippen LogP) is 3.09. The highest BCUT2D eigenvalue weighted by Crippen LogP contribution is 2.25. The molecule has 13 heavy (non-hydrogen) atoms. The highest BCUT2D eigenvalue weighted by Gasteiger charge is 2.00. The van der Waals surface area contributed by atoms with E-state index in [0.29, 0.717) is 15.8 Å². The summed E-state index contributed by atoms with van der Waals surface area (Å²) in [5, 5.41) is 0.953. The molecule has 2 nitrogen and oxygen atoms in total. The van der Waals surface area contributed by atoms with E-state index in [1.165, 1.54) is 0 Å². The van der Waals surface area contributed by atoms with Crippen molar-refractivity contribution in [2.75, 3.05) is 10.5 Å². The molecule has 0 spiro atoms. The molecule has 0 aliphatic carbocycles. The molecular formula is C8H9Cl2NOS. The molecule has 1 N–H and O–H groups in total. The maximum atomic E-state index is 11.1. The summed E-state index contributed by atoms with van der Waals surface area (Å²) in [5.41, 5.74) is 0.717. The van der Waals surface area contributed by atoms with Crippen molar-refractivity contribution in [2.24, 2.45) is 0 Å². The zero-order chi connectivity index (χ0) is 9.84. The van der Waals surface area contributed by atoms with Crippen LogP contribution < -0.4 is 4.72 Å². The summed E-state index contributed by atoms with van der Waals surface area (Å²) in [4.78, 5) is 0. The van der Waals surface area contributed by atoms with Gasteiger partial charge in [-0.05, 0) is 18.2 Å².